The third-order valence-corrected chi connectivity index (χ3v) is 15.2. The first-order chi connectivity index (χ1) is 35.9. The van der Waals surface area contributed by atoms with E-state index in [0.29, 0.717) is 62.5 Å². The van der Waals surface area contributed by atoms with Gasteiger partial charge in [0.05, 0.1) is 29.8 Å². The number of aryl methyl sites for hydroxylation is 2. The fourth-order valence-electron chi connectivity index (χ4n) is 11.5. The molecule has 0 radical (unpaired) electrons. The summed E-state index contributed by atoms with van der Waals surface area (Å²) in [5.74, 6) is 1.91. The van der Waals surface area contributed by atoms with Crippen molar-refractivity contribution in [1.29, 1.82) is 0 Å². The first-order valence-corrected chi connectivity index (χ1v) is 25.8. The smallest absolute Gasteiger partial charge is 0.222 e. The van der Waals surface area contributed by atoms with Gasteiger partial charge in [-0.05, 0) is 115 Å². The lowest BCUT2D eigenvalue weighted by Crippen LogP contribution is -2.52. The van der Waals surface area contributed by atoms with Crippen LogP contribution in [-0.2, 0) is 19.5 Å². The maximum absolute atomic E-state index is 15.0. The molecular weight excluding hydrogens is 982 g/mol. The summed E-state index contributed by atoms with van der Waals surface area (Å²) < 4.78 is 62.1. The molecule has 0 spiro atoms. The van der Waals surface area contributed by atoms with Crippen molar-refractivity contribution in [1.82, 2.24) is 68.6 Å². The van der Waals surface area contributed by atoms with Crippen molar-refractivity contribution in [3.8, 4) is 22.3 Å². The molecule has 12 rings (SSSR count). The van der Waals surface area contributed by atoms with Crippen molar-refractivity contribution in [3.05, 3.63) is 136 Å². The predicted molar refractivity (Wildman–Crippen MR) is 283 cm³/mol. The molecule has 20 heteroatoms. The number of fused-ring (bicyclic) bond motifs is 4. The lowest BCUT2D eigenvalue weighted by Gasteiger charge is -2.40. The summed E-state index contributed by atoms with van der Waals surface area (Å²) in [6.45, 7) is 20.5. The lowest BCUT2D eigenvalue weighted by atomic mass is 9.93. The lowest BCUT2D eigenvalue weighted by molar-refractivity contribution is 0.0825. The first-order valence-electron chi connectivity index (χ1n) is 25.4. The van der Waals surface area contributed by atoms with Crippen molar-refractivity contribution in [2.45, 2.75) is 85.2 Å². The monoisotopic (exact) mass is 1040 g/mol. The fourth-order valence-corrected chi connectivity index (χ4v) is 11.6. The summed E-state index contributed by atoms with van der Waals surface area (Å²) >= 11 is 5.66. The largest absolute Gasteiger partial charge is 0.384 e. The predicted octanol–water partition coefficient (Wildman–Crippen LogP) is 9.12. The normalized spacial score (nSPS) is 19.7. The highest BCUT2D eigenvalue weighted by atomic mass is 35.5. The van der Waals surface area contributed by atoms with Crippen LogP contribution in [0.25, 0.3) is 44.3 Å². The second-order valence-corrected chi connectivity index (χ2v) is 21.4. The molecule has 0 bridgehead atoms. The Balaban J connectivity index is 0.000000142. The molecule has 4 fully saturated rings. The van der Waals surface area contributed by atoms with E-state index in [-0.39, 0.29) is 29.0 Å². The summed E-state index contributed by atoms with van der Waals surface area (Å²) in [5, 5.41) is 0.324. The highest BCUT2D eigenvalue weighted by Crippen LogP contribution is 2.35. The maximum Gasteiger partial charge on any atom is 0.222 e. The van der Waals surface area contributed by atoms with E-state index >= 15 is 0 Å². The Hall–Kier alpha value is -6.51. The van der Waals surface area contributed by atoms with Gasteiger partial charge in [0.25, 0.3) is 0 Å². The molecular formula is C55H62ClF4N15. The molecule has 2 aromatic carbocycles. The Labute approximate surface area is 438 Å². The van der Waals surface area contributed by atoms with Crippen molar-refractivity contribution in [2.75, 3.05) is 59.1 Å². The van der Waals surface area contributed by atoms with Gasteiger partial charge in [-0.25, -0.2) is 52.4 Å². The summed E-state index contributed by atoms with van der Waals surface area (Å²) in [6, 6.07) is 10.9. The molecule has 392 valence electrons. The van der Waals surface area contributed by atoms with Gasteiger partial charge in [-0.1, -0.05) is 0 Å². The Morgan fingerprint density at radius 2 is 1.01 bits per heavy atom. The molecule has 4 saturated heterocycles. The van der Waals surface area contributed by atoms with E-state index in [1.54, 1.807) is 18.2 Å². The van der Waals surface area contributed by atoms with Crippen LogP contribution in [0.5, 0.6) is 0 Å². The second kappa shape index (κ2) is 21.3. The van der Waals surface area contributed by atoms with E-state index in [1.165, 1.54) is 50.6 Å². The number of anilines is 1. The minimum atomic E-state index is -0.541. The quantitative estimate of drug-likeness (QED) is 0.103. The third kappa shape index (κ3) is 10.8. The van der Waals surface area contributed by atoms with Crippen LogP contribution in [0.4, 0.5) is 23.4 Å². The average molecular weight is 1040 g/mol. The summed E-state index contributed by atoms with van der Waals surface area (Å²) in [6.07, 6.45) is 9.96. The van der Waals surface area contributed by atoms with Crippen LogP contribution in [0, 0.1) is 49.0 Å². The summed E-state index contributed by atoms with van der Waals surface area (Å²) in [7, 11) is 4.39. The molecule has 8 aromatic rings. The number of imidazole rings is 2. The van der Waals surface area contributed by atoms with Crippen LogP contribution in [0.15, 0.2) is 73.6 Å². The molecule has 2 N–H and O–H groups in total. The van der Waals surface area contributed by atoms with Gasteiger partial charge in [0, 0.05) is 141 Å². The van der Waals surface area contributed by atoms with Crippen LogP contribution in [0.3, 0.4) is 0 Å². The number of likely N-dealkylation sites (tertiary alicyclic amines) is 4. The molecule has 0 amide bonds. The van der Waals surface area contributed by atoms with Gasteiger partial charge in [-0.15, -0.1) is 0 Å². The molecule has 75 heavy (non-hydrogen) atoms. The Kier molecular flexibility index (Phi) is 14.7. The number of hydrogen-bond donors (Lipinski definition) is 1. The minimum absolute atomic E-state index is 0.0968. The number of hydrogen-bond acceptors (Lipinski definition) is 13. The van der Waals surface area contributed by atoms with Gasteiger partial charge in [-0.3, -0.25) is 14.8 Å². The number of nitrogen functional groups attached to an aromatic ring is 1. The minimum Gasteiger partial charge on any atom is -0.384 e. The highest BCUT2D eigenvalue weighted by molar-refractivity contribution is 6.28. The van der Waals surface area contributed by atoms with Crippen molar-refractivity contribution in [3.63, 3.8) is 0 Å². The molecule has 4 aliphatic heterocycles. The number of rotatable bonds is 10. The molecule has 15 nitrogen and oxygen atoms in total. The van der Waals surface area contributed by atoms with Crippen LogP contribution in [0.2, 0.25) is 5.28 Å². The standard InChI is InChI=1S/C28H31F2N7.C16H16F2N4.C11H15ClN4/c1-16(2)37-17(3)34-28-23(29)5-19(6-25(28)37)22-7-21(31-11-24(22)30)8-27-32-9-18(10-33-27)12-36-14-20-13-35(4)26(20)15-36;1-8(2)22-9(3)21-16-12(17)4-10(5-14(16)22)11-6-15(19)20-7-13(11)18;1-15-5-9-6-16(7-10(9)15)4-8-2-13-11(12)14-3-8/h5-7,9-11,16,20,26H,8,12-15H2,1-4H3;4-8H,1-3H3,(H2,19,20);2-3,9-10H,4-7H2,1H3/t20-,26+;;9-,10+/m1.1/s1. The molecule has 4 atom stereocenters. The Bertz CT molecular complexity index is 3360. The van der Waals surface area contributed by atoms with Crippen molar-refractivity contribution < 1.29 is 17.6 Å². The van der Waals surface area contributed by atoms with Crippen molar-refractivity contribution >= 4 is 39.5 Å². The molecule has 4 aliphatic rings. The zero-order chi connectivity index (χ0) is 53.0. The van der Waals surface area contributed by atoms with Crippen LogP contribution in [-0.4, -0.2) is 134 Å². The first kappa shape index (κ1) is 52.0. The van der Waals surface area contributed by atoms with E-state index in [1.807, 2.05) is 75.5 Å². The number of nitrogens with two attached hydrogens (primary N) is 1. The van der Waals surface area contributed by atoms with Crippen LogP contribution < -0.4 is 5.73 Å². The zero-order valence-corrected chi connectivity index (χ0v) is 44.2. The van der Waals surface area contributed by atoms with Crippen LogP contribution >= 0.6 is 11.6 Å². The fraction of sp³-hybridized carbons (Fsp3) is 0.418. The molecule has 10 heterocycles. The number of likely N-dealkylation sites (N-methyl/N-ethyl adjacent to an activating group) is 2. The van der Waals surface area contributed by atoms with E-state index in [9.17, 15) is 17.6 Å². The van der Waals surface area contributed by atoms with E-state index in [2.05, 4.69) is 73.6 Å². The Morgan fingerprint density at radius 3 is 1.47 bits per heavy atom. The van der Waals surface area contributed by atoms with Crippen molar-refractivity contribution in [2.24, 2.45) is 11.8 Å². The number of halogens is 5. The number of aromatic nitrogens is 10. The zero-order valence-electron chi connectivity index (χ0n) is 43.5. The number of benzene rings is 2. The molecule has 0 unspecified atom stereocenters. The topological polar surface area (TPSA) is 152 Å². The average Bonchev–Trinajstić information content (AvgIpc) is 4.11. The Morgan fingerprint density at radius 1 is 0.560 bits per heavy atom. The summed E-state index contributed by atoms with van der Waals surface area (Å²) in [4.78, 5) is 43.5. The molecule has 6 aromatic heterocycles. The third-order valence-electron chi connectivity index (χ3n) is 15.0. The van der Waals surface area contributed by atoms with Crippen LogP contribution in [0.1, 0.15) is 74.1 Å². The van der Waals surface area contributed by atoms with E-state index < -0.39 is 23.3 Å². The molecule has 0 aliphatic carbocycles. The van der Waals surface area contributed by atoms with Gasteiger partial charge >= 0.3 is 0 Å². The van der Waals surface area contributed by atoms with Gasteiger partial charge in [-0.2, -0.15) is 0 Å². The van der Waals surface area contributed by atoms with Gasteiger partial charge in [0.2, 0.25) is 5.28 Å². The van der Waals surface area contributed by atoms with E-state index in [4.69, 9.17) is 17.3 Å². The van der Waals surface area contributed by atoms with Gasteiger partial charge in [0.1, 0.15) is 46.0 Å². The van der Waals surface area contributed by atoms with Gasteiger partial charge < -0.3 is 24.7 Å². The van der Waals surface area contributed by atoms with E-state index in [0.717, 1.165) is 73.0 Å². The summed E-state index contributed by atoms with van der Waals surface area (Å²) in [5.41, 5.74) is 11.7. The number of pyridine rings is 2. The van der Waals surface area contributed by atoms with Gasteiger partial charge in [0.15, 0.2) is 11.6 Å². The SMILES string of the molecule is CN1C[C@@H]2CN(Cc3cnc(Cl)nc3)C[C@@H]21.Cc1nc2c(F)cc(-c3cc(Cc4ncc(CN5C[C@H]6CN(C)[C@H]6C5)cn4)ncc3F)cc2n1C(C)C.Cc1nc2c(F)cc(-c3cc(N)ncc3F)cc2n1C(C)C. The second-order valence-electron chi connectivity index (χ2n) is 21.1. The number of nitrogens with zero attached hydrogens (tertiary/aromatic N) is 14. The maximum atomic E-state index is 15.0. The molecule has 0 saturated carbocycles. The highest BCUT2D eigenvalue weighted by Gasteiger charge is 2.44.